The van der Waals surface area contributed by atoms with E-state index >= 15 is 0 Å². The number of nitrogens with zero attached hydrogens (tertiary/aromatic N) is 5. The minimum Gasteiger partial charge on any atom is -0.334 e. The molecule has 2 atom stereocenters. The summed E-state index contributed by atoms with van der Waals surface area (Å²) in [6.07, 6.45) is 5.07. The van der Waals surface area contributed by atoms with Crippen LogP contribution in [0.1, 0.15) is 12.8 Å². The lowest BCUT2D eigenvalue weighted by molar-refractivity contribution is 0.326. The van der Waals surface area contributed by atoms with Gasteiger partial charge in [0.25, 0.3) is 5.56 Å². The number of sulfonamides is 1. The van der Waals surface area contributed by atoms with Gasteiger partial charge in [-0.1, -0.05) is 18.2 Å². The second-order valence-corrected chi connectivity index (χ2v) is 9.94. The maximum atomic E-state index is 13.1. The van der Waals surface area contributed by atoms with Crippen LogP contribution in [0, 0.1) is 0 Å². The third-order valence-electron chi connectivity index (χ3n) is 6.15. The van der Waals surface area contributed by atoms with Crippen molar-refractivity contribution in [3.8, 4) is 11.3 Å². The summed E-state index contributed by atoms with van der Waals surface area (Å²) in [5.74, 6) is 0.587. The first kappa shape index (κ1) is 19.9. The zero-order valence-electron chi connectivity index (χ0n) is 17.1. The number of anilines is 1. The van der Waals surface area contributed by atoms with Crippen molar-refractivity contribution in [2.75, 3.05) is 18.0 Å². The van der Waals surface area contributed by atoms with Crippen molar-refractivity contribution in [2.24, 2.45) is 7.05 Å². The Bertz CT molecular complexity index is 1250. The van der Waals surface area contributed by atoms with Crippen molar-refractivity contribution in [2.45, 2.75) is 29.8 Å². The zero-order valence-corrected chi connectivity index (χ0v) is 17.9. The average molecular weight is 438 g/mol. The fourth-order valence-corrected chi connectivity index (χ4v) is 6.09. The van der Waals surface area contributed by atoms with Crippen LogP contribution in [0.15, 0.2) is 70.6 Å². The lowest BCUT2D eigenvalue weighted by Crippen LogP contribution is -2.56. The Morgan fingerprint density at radius 2 is 1.61 bits per heavy atom. The molecule has 3 aromatic rings. The van der Waals surface area contributed by atoms with Crippen molar-refractivity contribution in [3.63, 3.8) is 0 Å². The van der Waals surface area contributed by atoms with Gasteiger partial charge in [0.2, 0.25) is 16.0 Å². The third kappa shape index (κ3) is 3.43. The molecule has 0 unspecified atom stereocenters. The highest BCUT2D eigenvalue weighted by molar-refractivity contribution is 7.89. The molecule has 2 aliphatic rings. The van der Waals surface area contributed by atoms with E-state index in [9.17, 15) is 13.2 Å². The normalized spacial score (nSPS) is 21.4. The largest absolute Gasteiger partial charge is 0.334 e. The summed E-state index contributed by atoms with van der Waals surface area (Å²) >= 11 is 0. The molecule has 4 heterocycles. The van der Waals surface area contributed by atoms with Crippen LogP contribution in [-0.4, -0.2) is 52.4 Å². The van der Waals surface area contributed by atoms with Crippen molar-refractivity contribution < 1.29 is 8.42 Å². The van der Waals surface area contributed by atoms with E-state index in [1.165, 1.54) is 6.07 Å². The van der Waals surface area contributed by atoms with E-state index in [0.29, 0.717) is 29.6 Å². The second-order valence-electron chi connectivity index (χ2n) is 8.00. The predicted octanol–water partition coefficient (Wildman–Crippen LogP) is 1.88. The number of piperazine rings is 1. The molecule has 0 saturated carbocycles. The highest BCUT2D eigenvalue weighted by atomic mass is 32.2. The van der Waals surface area contributed by atoms with Crippen LogP contribution in [0.4, 0.5) is 5.95 Å². The fourth-order valence-electron chi connectivity index (χ4n) is 4.56. The summed E-state index contributed by atoms with van der Waals surface area (Å²) in [7, 11) is -1.84. The first-order valence-corrected chi connectivity index (χ1v) is 11.7. The summed E-state index contributed by atoms with van der Waals surface area (Å²) in [5.41, 5.74) is 1.28. The molecule has 8 nitrogen and oxygen atoms in total. The Balaban J connectivity index is 1.49. The van der Waals surface area contributed by atoms with E-state index in [4.69, 9.17) is 4.98 Å². The van der Waals surface area contributed by atoms with Gasteiger partial charge in [-0.2, -0.15) is 4.31 Å². The van der Waals surface area contributed by atoms with Crippen molar-refractivity contribution in [1.29, 1.82) is 0 Å². The van der Waals surface area contributed by atoms with Gasteiger partial charge in [0.05, 0.1) is 10.6 Å². The molecule has 2 saturated heterocycles. The van der Waals surface area contributed by atoms with Gasteiger partial charge in [0.15, 0.2) is 0 Å². The smallest absolute Gasteiger partial charge is 0.255 e. The van der Waals surface area contributed by atoms with Gasteiger partial charge in [0, 0.05) is 56.2 Å². The SMILES string of the molecule is Cn1c(N2[C@@H]3CC[C@H]2CN(S(=O)(=O)c2ccccc2)C3)nc(-c2ccncc2)cc1=O. The molecule has 0 amide bonds. The number of aromatic nitrogens is 3. The van der Waals surface area contributed by atoms with Gasteiger partial charge in [-0.25, -0.2) is 13.4 Å². The summed E-state index contributed by atoms with van der Waals surface area (Å²) in [6.45, 7) is 0.756. The molecule has 0 radical (unpaired) electrons. The van der Waals surface area contributed by atoms with Crippen molar-refractivity contribution in [3.05, 3.63) is 71.3 Å². The van der Waals surface area contributed by atoms with Gasteiger partial charge in [-0.15, -0.1) is 0 Å². The molecule has 5 rings (SSSR count). The average Bonchev–Trinajstić information content (AvgIpc) is 3.05. The number of benzene rings is 1. The Morgan fingerprint density at radius 3 is 2.26 bits per heavy atom. The highest BCUT2D eigenvalue weighted by Crippen LogP contribution is 2.36. The molecule has 9 heteroatoms. The third-order valence-corrected chi connectivity index (χ3v) is 7.99. The Kier molecular flexibility index (Phi) is 4.86. The molecular formula is C22H23N5O3S. The number of pyridine rings is 1. The van der Waals surface area contributed by atoms with E-state index in [2.05, 4.69) is 9.88 Å². The standard InChI is InChI=1S/C22H23N5O3S/c1-25-21(28)13-20(16-9-11-23-12-10-16)24-22(25)27-17-7-8-18(27)15-26(14-17)31(29,30)19-5-3-2-4-6-19/h2-6,9-13,17-18H,7-8,14-15H2,1H3/t17-,18+. The maximum Gasteiger partial charge on any atom is 0.255 e. The van der Waals surface area contributed by atoms with Crippen LogP contribution in [0.5, 0.6) is 0 Å². The molecule has 0 N–H and O–H groups in total. The molecule has 0 aliphatic carbocycles. The minimum absolute atomic E-state index is 0.0250. The van der Waals surface area contributed by atoms with Crippen LogP contribution >= 0.6 is 0 Å². The summed E-state index contributed by atoms with van der Waals surface area (Å²) in [5, 5.41) is 0. The first-order valence-electron chi connectivity index (χ1n) is 10.3. The quantitative estimate of drug-likeness (QED) is 0.619. The van der Waals surface area contributed by atoms with Crippen LogP contribution in [0.25, 0.3) is 11.3 Å². The molecule has 2 fully saturated rings. The molecule has 2 bridgehead atoms. The van der Waals surface area contributed by atoms with Crippen molar-refractivity contribution in [1.82, 2.24) is 18.8 Å². The molecular weight excluding hydrogens is 414 g/mol. The lowest BCUT2D eigenvalue weighted by atomic mass is 10.2. The predicted molar refractivity (Wildman–Crippen MR) is 117 cm³/mol. The molecule has 31 heavy (non-hydrogen) atoms. The molecule has 2 aromatic heterocycles. The van der Waals surface area contributed by atoms with Gasteiger partial charge in [-0.3, -0.25) is 14.3 Å². The summed E-state index contributed by atoms with van der Waals surface area (Å²) in [4.78, 5) is 24.0. The van der Waals surface area contributed by atoms with E-state index in [1.807, 2.05) is 18.2 Å². The first-order chi connectivity index (χ1) is 14.9. The minimum atomic E-state index is -3.55. The number of fused-ring (bicyclic) bond motifs is 2. The van der Waals surface area contributed by atoms with Gasteiger partial charge < -0.3 is 4.90 Å². The van der Waals surface area contributed by atoms with Gasteiger partial charge in [0.1, 0.15) is 0 Å². The lowest BCUT2D eigenvalue weighted by Gasteiger charge is -2.41. The summed E-state index contributed by atoms with van der Waals surface area (Å²) in [6, 6.07) is 13.7. The van der Waals surface area contributed by atoms with E-state index in [-0.39, 0.29) is 17.6 Å². The summed E-state index contributed by atoms with van der Waals surface area (Å²) < 4.78 is 29.4. The fraction of sp³-hybridized carbons (Fsp3) is 0.318. The monoisotopic (exact) mass is 437 g/mol. The maximum absolute atomic E-state index is 13.1. The van der Waals surface area contributed by atoms with Gasteiger partial charge in [-0.05, 0) is 37.1 Å². The number of hydrogen-bond acceptors (Lipinski definition) is 6. The van der Waals surface area contributed by atoms with Crippen LogP contribution in [0.2, 0.25) is 0 Å². The zero-order chi connectivity index (χ0) is 21.6. The van der Waals surface area contributed by atoms with E-state index in [1.54, 1.807) is 52.6 Å². The Labute approximate surface area is 180 Å². The van der Waals surface area contributed by atoms with E-state index in [0.717, 1.165) is 18.4 Å². The molecule has 2 aliphatic heterocycles. The second kappa shape index (κ2) is 7.58. The van der Waals surface area contributed by atoms with Gasteiger partial charge >= 0.3 is 0 Å². The van der Waals surface area contributed by atoms with Crippen LogP contribution < -0.4 is 10.5 Å². The van der Waals surface area contributed by atoms with Crippen LogP contribution in [-0.2, 0) is 17.1 Å². The van der Waals surface area contributed by atoms with Crippen molar-refractivity contribution >= 4 is 16.0 Å². The van der Waals surface area contributed by atoms with E-state index < -0.39 is 10.0 Å². The number of rotatable bonds is 4. The Morgan fingerprint density at radius 1 is 0.968 bits per heavy atom. The topological polar surface area (TPSA) is 88.4 Å². The molecule has 0 spiro atoms. The Hall–Kier alpha value is -3.04. The highest BCUT2D eigenvalue weighted by Gasteiger charge is 2.45. The molecule has 160 valence electrons. The van der Waals surface area contributed by atoms with Crippen LogP contribution in [0.3, 0.4) is 0 Å². The molecule has 1 aromatic carbocycles. The number of hydrogen-bond donors (Lipinski definition) is 0.